The Balaban J connectivity index is 0.00000231. The number of ketones is 2. The van der Waals surface area contributed by atoms with Gasteiger partial charge in [0.15, 0.2) is 17.3 Å². The molecule has 0 radical (unpaired) electrons. The molecule has 0 amide bonds. The number of benzene rings is 4. The first-order chi connectivity index (χ1) is 18.3. The van der Waals surface area contributed by atoms with Crippen molar-refractivity contribution in [2.75, 3.05) is 10.6 Å². The Hall–Kier alpha value is -2.56. The van der Waals surface area contributed by atoms with E-state index in [1.54, 1.807) is 12.1 Å². The molecule has 0 aliphatic heterocycles. The molecule has 0 unspecified atom stereocenters. The second kappa shape index (κ2) is 12.4. The van der Waals surface area contributed by atoms with Crippen LogP contribution in [0.3, 0.4) is 0 Å². The molecular formula is C26H16N2Na2O9S2. The minimum atomic E-state index is -4.69. The van der Waals surface area contributed by atoms with Gasteiger partial charge in [-0.3, -0.25) is 9.59 Å². The fourth-order valence-electron chi connectivity index (χ4n) is 4.19. The van der Waals surface area contributed by atoms with Crippen molar-refractivity contribution in [3.05, 3.63) is 101 Å². The molecule has 5 rings (SSSR count). The summed E-state index contributed by atoms with van der Waals surface area (Å²) in [6.07, 6.45) is 0. The van der Waals surface area contributed by atoms with Crippen LogP contribution < -0.4 is 69.7 Å². The molecule has 1 aliphatic rings. The number of rotatable bonds is 6. The van der Waals surface area contributed by atoms with E-state index in [-0.39, 0.29) is 104 Å². The zero-order valence-corrected chi connectivity index (χ0v) is 27.2. The van der Waals surface area contributed by atoms with E-state index in [9.17, 15) is 40.6 Å². The van der Waals surface area contributed by atoms with Gasteiger partial charge in [-0.25, -0.2) is 16.8 Å². The summed E-state index contributed by atoms with van der Waals surface area (Å²) in [6, 6.07) is 16.9. The molecule has 4 aromatic carbocycles. The summed E-state index contributed by atoms with van der Waals surface area (Å²) in [5.41, 5.74) is 0.361. The molecule has 0 aromatic heterocycles. The Bertz CT molecular complexity index is 1890. The van der Waals surface area contributed by atoms with E-state index in [4.69, 9.17) is 0 Å². The third-order valence-electron chi connectivity index (χ3n) is 6.01. The molecule has 3 N–H and O–H groups in total. The number of phenols is 1. The number of hydrogen-bond donors (Lipinski definition) is 3. The Labute approximate surface area is 279 Å². The van der Waals surface area contributed by atoms with Gasteiger partial charge < -0.3 is 24.8 Å². The molecule has 0 fully saturated rings. The van der Waals surface area contributed by atoms with Crippen LogP contribution >= 0.6 is 0 Å². The Morgan fingerprint density at radius 3 is 1.39 bits per heavy atom. The van der Waals surface area contributed by atoms with Crippen LogP contribution in [-0.2, 0) is 20.2 Å². The van der Waals surface area contributed by atoms with Crippen LogP contribution in [0.25, 0.3) is 0 Å². The van der Waals surface area contributed by atoms with Gasteiger partial charge in [0.1, 0.15) is 20.2 Å². The molecule has 41 heavy (non-hydrogen) atoms. The van der Waals surface area contributed by atoms with Crippen molar-refractivity contribution in [1.29, 1.82) is 0 Å². The van der Waals surface area contributed by atoms with E-state index in [1.807, 2.05) is 0 Å². The molecule has 0 atom stereocenters. The molecule has 0 heterocycles. The van der Waals surface area contributed by atoms with Crippen molar-refractivity contribution in [2.24, 2.45) is 0 Å². The predicted molar refractivity (Wildman–Crippen MR) is 137 cm³/mol. The van der Waals surface area contributed by atoms with E-state index in [0.717, 1.165) is 24.3 Å². The summed E-state index contributed by atoms with van der Waals surface area (Å²) in [6.45, 7) is 0. The predicted octanol–water partition coefficient (Wildman–Crippen LogP) is -2.53. The maximum Gasteiger partial charge on any atom is 1.00 e. The summed E-state index contributed by atoms with van der Waals surface area (Å²) in [5, 5.41) is 16.9. The summed E-state index contributed by atoms with van der Waals surface area (Å²) in [4.78, 5) is 26.0. The number of anilines is 4. The van der Waals surface area contributed by atoms with Gasteiger partial charge in [0.25, 0.3) is 0 Å². The number of carbonyl (C=O) groups excluding carboxylic acids is 2. The van der Waals surface area contributed by atoms with Crippen LogP contribution in [0.5, 0.6) is 5.75 Å². The Morgan fingerprint density at radius 1 is 0.585 bits per heavy atom. The minimum Gasteiger partial charge on any atom is -0.744 e. The van der Waals surface area contributed by atoms with Crippen LogP contribution in [0.2, 0.25) is 0 Å². The van der Waals surface area contributed by atoms with Crippen molar-refractivity contribution >= 4 is 54.6 Å². The first-order valence-corrected chi connectivity index (χ1v) is 13.9. The van der Waals surface area contributed by atoms with Gasteiger partial charge in [-0.2, -0.15) is 0 Å². The molecule has 0 spiro atoms. The van der Waals surface area contributed by atoms with Crippen molar-refractivity contribution < 1.29 is 99.8 Å². The number of fused-ring (bicyclic) bond motifs is 2. The van der Waals surface area contributed by atoms with Crippen molar-refractivity contribution in [3.8, 4) is 5.75 Å². The van der Waals surface area contributed by atoms with Gasteiger partial charge in [-0.1, -0.05) is 24.3 Å². The van der Waals surface area contributed by atoms with Gasteiger partial charge in [-0.15, -0.1) is 0 Å². The third-order valence-corrected chi connectivity index (χ3v) is 7.71. The van der Waals surface area contributed by atoms with Crippen LogP contribution in [-0.4, -0.2) is 42.6 Å². The van der Waals surface area contributed by atoms with Gasteiger partial charge in [0.05, 0.1) is 32.3 Å². The van der Waals surface area contributed by atoms with Crippen LogP contribution in [0.15, 0.2) is 88.7 Å². The smallest absolute Gasteiger partial charge is 0.744 e. The molecule has 11 nitrogen and oxygen atoms in total. The second-order valence-electron chi connectivity index (χ2n) is 8.48. The van der Waals surface area contributed by atoms with E-state index < -0.39 is 47.3 Å². The standard InChI is InChI=1S/C26H18N2O9S2.2Na/c29-24-18-3-1-2-4-19(18)25(30)23-22(24)20(27-14-5-9-16(10-6-14)38(32,33)34)13-21(26(23)31)28-15-7-11-17(12-8-15)39(35,36)37;;/h1-13,27-28,31H,(H,32,33,34)(H,35,36,37);;/q;2*+1/p-2. The Morgan fingerprint density at radius 2 is 0.976 bits per heavy atom. The maximum atomic E-state index is 13.5. The van der Waals surface area contributed by atoms with Gasteiger partial charge in [0, 0.05) is 22.5 Å². The minimum absolute atomic E-state index is 0. The second-order valence-corrected chi connectivity index (χ2v) is 11.2. The van der Waals surface area contributed by atoms with Gasteiger partial charge >= 0.3 is 59.1 Å². The summed E-state index contributed by atoms with van der Waals surface area (Å²) in [5.74, 6) is -1.71. The summed E-state index contributed by atoms with van der Waals surface area (Å²) in [7, 11) is -9.38. The van der Waals surface area contributed by atoms with E-state index in [0.29, 0.717) is 0 Å². The normalized spacial score (nSPS) is 12.3. The first-order valence-electron chi connectivity index (χ1n) is 11.1. The van der Waals surface area contributed by atoms with Crippen LogP contribution in [0.1, 0.15) is 31.8 Å². The average Bonchev–Trinajstić information content (AvgIpc) is 2.88. The molecule has 198 valence electrons. The van der Waals surface area contributed by atoms with Gasteiger partial charge in [-0.05, 0) is 54.6 Å². The van der Waals surface area contributed by atoms with Crippen LogP contribution in [0, 0.1) is 0 Å². The fourth-order valence-corrected chi connectivity index (χ4v) is 5.13. The topological polar surface area (TPSA) is 193 Å². The van der Waals surface area contributed by atoms with Crippen LogP contribution in [0.4, 0.5) is 22.7 Å². The molecular weight excluding hydrogens is 594 g/mol. The monoisotopic (exact) mass is 610 g/mol. The molecule has 0 saturated heterocycles. The zero-order valence-electron chi connectivity index (χ0n) is 21.5. The molecule has 1 aliphatic carbocycles. The number of aromatic hydroxyl groups is 1. The summed E-state index contributed by atoms with van der Waals surface area (Å²) < 4.78 is 67.5. The Kier molecular flexibility index (Phi) is 9.93. The average molecular weight is 611 g/mol. The molecule has 4 aromatic rings. The quantitative estimate of drug-likeness (QED) is 0.0795. The number of nitrogens with one attached hydrogen (secondary N) is 2. The SMILES string of the molecule is O=C1c2ccccc2C(=O)c2c(O)c(Nc3ccc(S(=O)(=O)[O-])cc3)cc(Nc3ccc(S(=O)(=O)[O-])cc3)c21.[Na+].[Na+]. The molecule has 15 heteroatoms. The van der Waals surface area contributed by atoms with E-state index >= 15 is 0 Å². The van der Waals surface area contributed by atoms with Crippen molar-refractivity contribution in [2.45, 2.75) is 9.79 Å². The van der Waals surface area contributed by atoms with Gasteiger partial charge in [0.2, 0.25) is 0 Å². The number of phenolic OH excluding ortho intramolecular Hbond substituents is 1. The summed E-state index contributed by atoms with van der Waals surface area (Å²) >= 11 is 0. The van der Waals surface area contributed by atoms with E-state index in [1.165, 1.54) is 42.5 Å². The number of carbonyl (C=O) groups is 2. The maximum absolute atomic E-state index is 13.5. The fraction of sp³-hybridized carbons (Fsp3) is 0. The largest absolute Gasteiger partial charge is 1.00 e. The molecule has 0 saturated carbocycles. The first kappa shape index (κ1) is 32.9. The third kappa shape index (κ3) is 6.60. The van der Waals surface area contributed by atoms with Crippen molar-refractivity contribution in [1.82, 2.24) is 0 Å². The number of hydrogen-bond acceptors (Lipinski definition) is 11. The van der Waals surface area contributed by atoms with E-state index in [2.05, 4.69) is 10.6 Å². The van der Waals surface area contributed by atoms with Crippen molar-refractivity contribution in [3.63, 3.8) is 0 Å². The zero-order chi connectivity index (χ0) is 28.1. The molecule has 0 bridgehead atoms.